The molecule has 0 aromatic heterocycles. The summed E-state index contributed by atoms with van der Waals surface area (Å²) in [5.74, 6) is 0.571. The molecular weight excluding hydrogens is 357 g/mol. The van der Waals surface area contributed by atoms with Gasteiger partial charge in [0.25, 0.3) is 5.69 Å². The summed E-state index contributed by atoms with van der Waals surface area (Å²) in [5, 5.41) is 11.1. The van der Waals surface area contributed by atoms with Crippen LogP contribution in [-0.4, -0.2) is 10.5 Å². The summed E-state index contributed by atoms with van der Waals surface area (Å²) in [6.45, 7) is 3.92. The van der Waals surface area contributed by atoms with E-state index in [-0.39, 0.29) is 10.6 Å². The maximum absolute atomic E-state index is 11.1. The van der Waals surface area contributed by atoms with E-state index in [4.69, 9.17) is 4.74 Å². The van der Waals surface area contributed by atoms with Crippen LogP contribution in [-0.2, 0) is 0 Å². The molecule has 0 bridgehead atoms. The highest BCUT2D eigenvalue weighted by Gasteiger charge is 2.31. The van der Waals surface area contributed by atoms with Crippen molar-refractivity contribution in [2.24, 2.45) is 0 Å². The Morgan fingerprint density at radius 2 is 2.26 bits per heavy atom. The molecule has 1 atom stereocenters. The van der Waals surface area contributed by atoms with Gasteiger partial charge >= 0.3 is 0 Å². The zero-order valence-electron chi connectivity index (χ0n) is 10.7. The number of rotatable bonds is 3. The monoisotopic (exact) mass is 371 g/mol. The van der Waals surface area contributed by atoms with Crippen molar-refractivity contribution >= 4 is 34.4 Å². The molecule has 0 radical (unpaired) electrons. The molecule has 0 saturated heterocycles. The van der Waals surface area contributed by atoms with Crippen molar-refractivity contribution in [2.75, 3.05) is 0 Å². The molecule has 1 aromatic carbocycles. The van der Waals surface area contributed by atoms with Gasteiger partial charge in [0.1, 0.15) is 11.4 Å². The number of hydrogen-bond acceptors (Lipinski definition) is 3. The average Bonchev–Trinajstić information content (AvgIpc) is 2.36. The summed E-state index contributed by atoms with van der Waals surface area (Å²) >= 11 is 1.97. The molecule has 0 spiro atoms. The van der Waals surface area contributed by atoms with Crippen molar-refractivity contribution in [1.82, 2.24) is 0 Å². The van der Waals surface area contributed by atoms with Gasteiger partial charge in [0.15, 0.2) is 0 Å². The number of ether oxygens (including phenoxy) is 1. The Bertz CT molecular complexity index is 580. The molecule has 4 nitrogen and oxygen atoms in total. The second-order valence-electron chi connectivity index (χ2n) is 4.59. The van der Waals surface area contributed by atoms with Crippen molar-refractivity contribution in [2.45, 2.75) is 25.9 Å². The van der Waals surface area contributed by atoms with E-state index in [9.17, 15) is 10.1 Å². The molecule has 1 aliphatic rings. The molecule has 1 aromatic rings. The largest absolute Gasteiger partial charge is 0.482 e. The first-order valence-electron chi connectivity index (χ1n) is 5.93. The Kier molecular flexibility index (Phi) is 3.93. The van der Waals surface area contributed by atoms with E-state index in [2.05, 4.69) is 0 Å². The Balaban J connectivity index is 2.45. The molecule has 1 heterocycles. The third-order valence-electron chi connectivity index (χ3n) is 3.01. The van der Waals surface area contributed by atoms with Crippen molar-refractivity contribution in [3.05, 3.63) is 49.6 Å². The summed E-state index contributed by atoms with van der Waals surface area (Å²) < 4.78 is 6.54. The summed E-state index contributed by atoms with van der Waals surface area (Å²) in [6, 6.07) is 3.51. The Morgan fingerprint density at radius 3 is 2.89 bits per heavy atom. The van der Waals surface area contributed by atoms with Crippen LogP contribution in [0.3, 0.4) is 0 Å². The number of halogens is 1. The molecule has 0 aliphatic carbocycles. The van der Waals surface area contributed by atoms with E-state index in [0.29, 0.717) is 14.9 Å². The highest BCUT2D eigenvalue weighted by molar-refractivity contribution is 14.1. The summed E-state index contributed by atoms with van der Waals surface area (Å²) in [5.41, 5.74) is 0.220. The number of nitro groups is 1. The number of benzene rings is 1. The molecule has 2 rings (SSSR count). The van der Waals surface area contributed by atoms with Crippen LogP contribution in [0.25, 0.3) is 6.08 Å². The van der Waals surface area contributed by atoms with Gasteiger partial charge in [-0.1, -0.05) is 12.2 Å². The molecule has 0 saturated carbocycles. The van der Waals surface area contributed by atoms with Crippen LogP contribution in [0.15, 0.2) is 30.4 Å². The number of nitrogens with zero attached hydrogens (tertiary/aromatic N) is 1. The third-order valence-corrected chi connectivity index (χ3v) is 3.89. The molecule has 100 valence electrons. The lowest BCUT2D eigenvalue weighted by Crippen LogP contribution is -2.31. The average molecular weight is 371 g/mol. The minimum absolute atomic E-state index is 0.113. The molecule has 0 amide bonds. The van der Waals surface area contributed by atoms with Crippen LogP contribution in [0.2, 0.25) is 0 Å². The number of allylic oxidation sites excluding steroid dienone is 1. The predicted molar refractivity (Wildman–Crippen MR) is 83.3 cm³/mol. The predicted octanol–water partition coefficient (Wildman–Crippen LogP) is 4.33. The van der Waals surface area contributed by atoms with Crippen LogP contribution >= 0.6 is 22.6 Å². The molecular formula is C14H14INO3. The fourth-order valence-corrected chi connectivity index (χ4v) is 2.67. The molecule has 19 heavy (non-hydrogen) atoms. The summed E-state index contributed by atoms with van der Waals surface area (Å²) in [7, 11) is 0. The lowest BCUT2D eigenvalue weighted by atomic mass is 9.96. The van der Waals surface area contributed by atoms with Crippen molar-refractivity contribution in [3.63, 3.8) is 0 Å². The Hall–Kier alpha value is -1.37. The molecule has 0 N–H and O–H groups in total. The zero-order chi connectivity index (χ0) is 14.0. The van der Waals surface area contributed by atoms with Crippen LogP contribution in [0.5, 0.6) is 5.75 Å². The second-order valence-corrected chi connectivity index (χ2v) is 5.75. The van der Waals surface area contributed by atoms with Gasteiger partial charge in [-0.25, -0.2) is 0 Å². The van der Waals surface area contributed by atoms with Gasteiger partial charge in [-0.2, -0.15) is 0 Å². The molecule has 1 aliphatic heterocycles. The topological polar surface area (TPSA) is 52.4 Å². The van der Waals surface area contributed by atoms with E-state index >= 15 is 0 Å². The number of nitro benzene ring substituents is 1. The maximum atomic E-state index is 11.1. The molecule has 5 heteroatoms. The van der Waals surface area contributed by atoms with Crippen LogP contribution < -0.4 is 4.74 Å². The normalized spacial score (nSPS) is 21.2. The number of fused-ring (bicyclic) bond motifs is 1. The standard InChI is InChI=1S/C14H14INO3/c1-3-4-8-14(2)9-7-10-12(19-14)6-5-11(15)13(10)16(17)18/h3-7,9H,8H2,1-2H3/b4-3+. The van der Waals surface area contributed by atoms with E-state index in [0.717, 1.165) is 6.42 Å². The Morgan fingerprint density at radius 1 is 1.53 bits per heavy atom. The van der Waals surface area contributed by atoms with Gasteiger partial charge in [-0.15, -0.1) is 0 Å². The molecule has 0 fully saturated rings. The minimum atomic E-state index is -0.444. The fourth-order valence-electron chi connectivity index (χ4n) is 2.00. The number of hydrogen-bond donors (Lipinski definition) is 0. The SMILES string of the molecule is C/C=C/CC1(C)C=Cc2c(ccc(I)c2[N+](=O)[O-])O1. The molecule has 1 unspecified atom stereocenters. The first-order chi connectivity index (χ1) is 8.97. The zero-order valence-corrected chi connectivity index (χ0v) is 12.9. The van der Waals surface area contributed by atoms with E-state index in [1.165, 1.54) is 0 Å². The van der Waals surface area contributed by atoms with Gasteiger partial charge in [0.05, 0.1) is 14.1 Å². The van der Waals surface area contributed by atoms with Crippen LogP contribution in [0.4, 0.5) is 5.69 Å². The lowest BCUT2D eigenvalue weighted by Gasteiger charge is -2.30. The maximum Gasteiger partial charge on any atom is 0.293 e. The van der Waals surface area contributed by atoms with Gasteiger partial charge in [0, 0.05) is 6.42 Å². The summed E-state index contributed by atoms with van der Waals surface area (Å²) in [6.07, 6.45) is 8.41. The minimum Gasteiger partial charge on any atom is -0.482 e. The third kappa shape index (κ3) is 2.80. The Labute approximate surface area is 125 Å². The van der Waals surface area contributed by atoms with E-state index in [1.807, 2.05) is 54.7 Å². The highest BCUT2D eigenvalue weighted by atomic mass is 127. The van der Waals surface area contributed by atoms with Crippen molar-refractivity contribution < 1.29 is 9.66 Å². The second kappa shape index (κ2) is 5.32. The first kappa shape index (κ1) is 14.0. The van der Waals surface area contributed by atoms with Crippen LogP contribution in [0.1, 0.15) is 25.8 Å². The van der Waals surface area contributed by atoms with Gasteiger partial charge in [-0.05, 0) is 60.7 Å². The summed E-state index contributed by atoms with van der Waals surface area (Å²) in [4.78, 5) is 10.8. The van der Waals surface area contributed by atoms with Crippen molar-refractivity contribution in [3.8, 4) is 5.75 Å². The first-order valence-corrected chi connectivity index (χ1v) is 7.01. The van der Waals surface area contributed by atoms with E-state index < -0.39 is 5.60 Å². The van der Waals surface area contributed by atoms with Gasteiger partial charge in [0.2, 0.25) is 0 Å². The highest BCUT2D eigenvalue weighted by Crippen LogP contribution is 2.40. The smallest absolute Gasteiger partial charge is 0.293 e. The fraction of sp³-hybridized carbons (Fsp3) is 0.286. The van der Waals surface area contributed by atoms with Crippen LogP contribution in [0, 0.1) is 13.7 Å². The van der Waals surface area contributed by atoms with Crippen molar-refractivity contribution in [1.29, 1.82) is 0 Å². The van der Waals surface area contributed by atoms with E-state index in [1.54, 1.807) is 18.2 Å². The van der Waals surface area contributed by atoms with Gasteiger partial charge in [-0.3, -0.25) is 10.1 Å². The van der Waals surface area contributed by atoms with Gasteiger partial charge < -0.3 is 4.74 Å². The quantitative estimate of drug-likeness (QED) is 0.344. The lowest BCUT2D eigenvalue weighted by molar-refractivity contribution is -0.386.